The maximum absolute atomic E-state index is 12.4. The number of benzene rings is 1. The molecule has 0 bridgehead atoms. The second-order valence-electron chi connectivity index (χ2n) is 5.39. The molecule has 2 rings (SSSR count). The number of rotatable bonds is 3. The Morgan fingerprint density at radius 2 is 1.64 bits per heavy atom. The summed E-state index contributed by atoms with van der Waals surface area (Å²) in [6.07, 6.45) is 1.63. The van der Waals surface area contributed by atoms with Gasteiger partial charge in [0.2, 0.25) is 11.8 Å². The number of carbonyl (C=O) groups is 2. The van der Waals surface area contributed by atoms with E-state index >= 15 is 0 Å². The first-order valence-corrected chi connectivity index (χ1v) is 8.26. The molecule has 1 heterocycles. The Hall–Kier alpha value is -1.26. The monoisotopic (exact) mass is 342 g/mol. The van der Waals surface area contributed by atoms with E-state index in [1.165, 1.54) is 0 Å². The maximum Gasteiger partial charge on any atom is 0.227 e. The Balaban J connectivity index is 1.95. The topological polar surface area (TPSA) is 40.6 Å². The van der Waals surface area contributed by atoms with Crippen LogP contribution in [0.1, 0.15) is 25.3 Å². The third-order valence-corrected chi connectivity index (χ3v) is 4.58. The van der Waals surface area contributed by atoms with Gasteiger partial charge in [0, 0.05) is 32.6 Å². The summed E-state index contributed by atoms with van der Waals surface area (Å²) in [5.41, 5.74) is 0.852. The largest absolute Gasteiger partial charge is 0.341 e. The van der Waals surface area contributed by atoms with Crippen molar-refractivity contribution in [1.82, 2.24) is 9.80 Å². The lowest BCUT2D eigenvalue weighted by atomic mass is 10.1. The minimum Gasteiger partial charge on any atom is -0.341 e. The lowest BCUT2D eigenvalue weighted by Crippen LogP contribution is -2.37. The van der Waals surface area contributed by atoms with Crippen LogP contribution in [0, 0.1) is 0 Å². The fraction of sp³-hybridized carbons (Fsp3) is 0.500. The van der Waals surface area contributed by atoms with E-state index in [4.69, 9.17) is 23.2 Å². The molecule has 0 atom stereocenters. The van der Waals surface area contributed by atoms with Gasteiger partial charge < -0.3 is 9.80 Å². The minimum absolute atomic E-state index is 0.0594. The molecule has 0 aliphatic carbocycles. The van der Waals surface area contributed by atoms with Gasteiger partial charge in [-0.3, -0.25) is 9.59 Å². The molecule has 1 fully saturated rings. The van der Waals surface area contributed by atoms with Gasteiger partial charge in [-0.2, -0.15) is 0 Å². The van der Waals surface area contributed by atoms with Crippen molar-refractivity contribution in [3.8, 4) is 0 Å². The predicted molar refractivity (Wildman–Crippen MR) is 88.2 cm³/mol. The Morgan fingerprint density at radius 1 is 1.00 bits per heavy atom. The summed E-state index contributed by atoms with van der Waals surface area (Å²) in [7, 11) is 0. The van der Waals surface area contributed by atoms with Crippen molar-refractivity contribution in [1.29, 1.82) is 0 Å². The molecule has 0 aromatic heterocycles. The van der Waals surface area contributed by atoms with Crippen LogP contribution in [0.3, 0.4) is 0 Å². The highest BCUT2D eigenvalue weighted by Gasteiger charge is 2.21. The molecule has 4 nitrogen and oxygen atoms in total. The lowest BCUT2D eigenvalue weighted by molar-refractivity contribution is -0.133. The van der Waals surface area contributed by atoms with Crippen molar-refractivity contribution in [2.24, 2.45) is 0 Å². The van der Waals surface area contributed by atoms with Crippen molar-refractivity contribution in [3.05, 3.63) is 33.8 Å². The highest BCUT2D eigenvalue weighted by molar-refractivity contribution is 6.42. The van der Waals surface area contributed by atoms with Crippen molar-refractivity contribution in [2.75, 3.05) is 26.2 Å². The van der Waals surface area contributed by atoms with E-state index < -0.39 is 0 Å². The van der Waals surface area contributed by atoms with Crippen molar-refractivity contribution in [3.63, 3.8) is 0 Å². The van der Waals surface area contributed by atoms with Gasteiger partial charge in [-0.1, -0.05) is 36.2 Å². The zero-order chi connectivity index (χ0) is 16.1. The van der Waals surface area contributed by atoms with Gasteiger partial charge in [-0.25, -0.2) is 0 Å². The zero-order valence-corrected chi connectivity index (χ0v) is 14.2. The second-order valence-corrected chi connectivity index (χ2v) is 6.21. The van der Waals surface area contributed by atoms with Crippen LogP contribution < -0.4 is 0 Å². The summed E-state index contributed by atoms with van der Waals surface area (Å²) in [4.78, 5) is 27.8. The van der Waals surface area contributed by atoms with Gasteiger partial charge in [0.05, 0.1) is 16.5 Å². The van der Waals surface area contributed by atoms with Gasteiger partial charge in [0.1, 0.15) is 0 Å². The molecule has 1 aliphatic rings. The van der Waals surface area contributed by atoms with Crippen LogP contribution in [0.2, 0.25) is 10.0 Å². The van der Waals surface area contributed by atoms with E-state index in [2.05, 4.69) is 0 Å². The molecule has 2 amide bonds. The van der Waals surface area contributed by atoms with Gasteiger partial charge in [-0.05, 0) is 24.1 Å². The Labute approximate surface area is 141 Å². The van der Waals surface area contributed by atoms with Crippen molar-refractivity contribution in [2.45, 2.75) is 26.2 Å². The average Bonchev–Trinajstić information content (AvgIpc) is 2.76. The van der Waals surface area contributed by atoms with Gasteiger partial charge >= 0.3 is 0 Å². The number of nitrogens with zero attached hydrogens (tertiary/aromatic N) is 2. The summed E-state index contributed by atoms with van der Waals surface area (Å²) in [5, 5.41) is 0.948. The third-order valence-electron chi connectivity index (χ3n) is 3.84. The molecule has 0 saturated carbocycles. The van der Waals surface area contributed by atoms with Crippen LogP contribution in [0.5, 0.6) is 0 Å². The number of carbonyl (C=O) groups excluding carboxylic acids is 2. The standard InChI is InChI=1S/C16H20Cl2N2O2/c1-2-15(21)19-6-3-7-20(9-8-19)16(22)11-12-4-5-13(17)14(18)10-12/h4-5,10H,2-3,6-9,11H2,1H3. The van der Waals surface area contributed by atoms with Gasteiger partial charge in [0.25, 0.3) is 0 Å². The molecule has 1 saturated heterocycles. The summed E-state index contributed by atoms with van der Waals surface area (Å²) < 4.78 is 0. The summed E-state index contributed by atoms with van der Waals surface area (Å²) in [6, 6.07) is 5.25. The molecule has 0 unspecified atom stereocenters. The predicted octanol–water partition coefficient (Wildman–Crippen LogP) is 3.01. The van der Waals surface area contributed by atoms with Crippen molar-refractivity contribution < 1.29 is 9.59 Å². The highest BCUT2D eigenvalue weighted by atomic mass is 35.5. The molecule has 120 valence electrons. The molecule has 0 spiro atoms. The highest BCUT2D eigenvalue weighted by Crippen LogP contribution is 2.23. The SMILES string of the molecule is CCC(=O)N1CCCN(C(=O)Cc2ccc(Cl)c(Cl)c2)CC1. The molecule has 0 N–H and O–H groups in total. The van der Waals surface area contributed by atoms with Crippen LogP contribution >= 0.6 is 23.2 Å². The molecule has 1 aliphatic heterocycles. The van der Waals surface area contributed by atoms with E-state index in [1.54, 1.807) is 12.1 Å². The first-order chi connectivity index (χ1) is 10.5. The van der Waals surface area contributed by atoms with Crippen molar-refractivity contribution >= 4 is 35.0 Å². The molecule has 0 radical (unpaired) electrons. The minimum atomic E-state index is 0.0594. The maximum atomic E-state index is 12.4. The first kappa shape index (κ1) is 17.1. The van der Waals surface area contributed by atoms with Crippen LogP contribution in [-0.2, 0) is 16.0 Å². The normalized spacial score (nSPS) is 15.6. The van der Waals surface area contributed by atoms with Crippen LogP contribution in [0.4, 0.5) is 0 Å². The fourth-order valence-corrected chi connectivity index (χ4v) is 2.90. The second kappa shape index (κ2) is 7.84. The van der Waals surface area contributed by atoms with Gasteiger partial charge in [-0.15, -0.1) is 0 Å². The molecule has 22 heavy (non-hydrogen) atoms. The first-order valence-electron chi connectivity index (χ1n) is 7.50. The van der Waals surface area contributed by atoms with E-state index in [1.807, 2.05) is 22.8 Å². The average molecular weight is 343 g/mol. The number of amides is 2. The molecular formula is C16H20Cl2N2O2. The molecular weight excluding hydrogens is 323 g/mol. The fourth-order valence-electron chi connectivity index (χ4n) is 2.58. The number of hydrogen-bond donors (Lipinski definition) is 0. The van der Waals surface area contributed by atoms with E-state index in [0.29, 0.717) is 42.5 Å². The van der Waals surface area contributed by atoms with Gasteiger partial charge in [0.15, 0.2) is 0 Å². The van der Waals surface area contributed by atoms with E-state index in [0.717, 1.165) is 18.5 Å². The van der Waals surface area contributed by atoms with Crippen LogP contribution in [0.15, 0.2) is 18.2 Å². The Bertz CT molecular complexity index is 563. The number of hydrogen-bond acceptors (Lipinski definition) is 2. The summed E-state index contributed by atoms with van der Waals surface area (Å²) >= 11 is 11.9. The third kappa shape index (κ3) is 4.37. The zero-order valence-electron chi connectivity index (χ0n) is 12.6. The number of halogens is 2. The van der Waals surface area contributed by atoms with E-state index in [-0.39, 0.29) is 11.8 Å². The van der Waals surface area contributed by atoms with Crippen LogP contribution in [0.25, 0.3) is 0 Å². The summed E-state index contributed by atoms with van der Waals surface area (Å²) in [6.45, 7) is 4.48. The smallest absolute Gasteiger partial charge is 0.227 e. The molecule has 6 heteroatoms. The quantitative estimate of drug-likeness (QED) is 0.847. The Morgan fingerprint density at radius 3 is 2.23 bits per heavy atom. The van der Waals surface area contributed by atoms with E-state index in [9.17, 15) is 9.59 Å². The molecule has 1 aromatic rings. The lowest BCUT2D eigenvalue weighted by Gasteiger charge is -2.22. The summed E-state index contributed by atoms with van der Waals surface area (Å²) in [5.74, 6) is 0.211. The Kier molecular flexibility index (Phi) is 6.09. The molecule has 1 aromatic carbocycles. The van der Waals surface area contributed by atoms with Crippen LogP contribution in [-0.4, -0.2) is 47.8 Å².